The highest BCUT2D eigenvalue weighted by Crippen LogP contribution is 2.39. The molecule has 2 atom stereocenters. The van der Waals surface area contributed by atoms with E-state index in [1.807, 2.05) is 27.7 Å². The van der Waals surface area contributed by atoms with Crippen LogP contribution in [0.1, 0.15) is 64.6 Å². The van der Waals surface area contributed by atoms with E-state index >= 15 is 0 Å². The van der Waals surface area contributed by atoms with Crippen LogP contribution in [0.4, 0.5) is 13.2 Å². The number of primary amides is 1. The Balaban J connectivity index is 2.40. The summed E-state index contributed by atoms with van der Waals surface area (Å²) in [6.07, 6.45) is -2.02. The van der Waals surface area contributed by atoms with Gasteiger partial charge in [0, 0.05) is 11.7 Å². The molecule has 1 heterocycles. The van der Waals surface area contributed by atoms with Crippen LogP contribution in [0.2, 0.25) is 0 Å². The van der Waals surface area contributed by atoms with Crippen LogP contribution < -0.4 is 16.2 Å². The van der Waals surface area contributed by atoms with Crippen LogP contribution in [0, 0.1) is 11.8 Å². The minimum atomic E-state index is -4.61. The second-order valence-corrected chi connectivity index (χ2v) is 9.80. The van der Waals surface area contributed by atoms with E-state index in [-0.39, 0.29) is 24.2 Å². The molecule has 0 saturated heterocycles. The van der Waals surface area contributed by atoms with E-state index in [4.69, 9.17) is 16.2 Å². The number of nitrogens with two attached hydrogens (primary N) is 2. The quantitative estimate of drug-likeness (QED) is 0.483. The minimum absolute atomic E-state index is 0.0392. The molecule has 2 aromatic rings. The van der Waals surface area contributed by atoms with E-state index in [0.29, 0.717) is 29.7 Å². The van der Waals surface area contributed by atoms with Crippen molar-refractivity contribution < 1.29 is 22.7 Å². The number of pyridine rings is 1. The lowest BCUT2D eigenvalue weighted by Crippen LogP contribution is -2.43. The second-order valence-electron chi connectivity index (χ2n) is 9.80. The average molecular weight is 466 g/mol. The van der Waals surface area contributed by atoms with Crippen LogP contribution in [0.5, 0.6) is 5.75 Å². The Morgan fingerprint density at radius 1 is 1.06 bits per heavy atom. The Morgan fingerprint density at radius 2 is 1.70 bits per heavy atom. The number of alkyl halides is 3. The van der Waals surface area contributed by atoms with Gasteiger partial charge in [-0.05, 0) is 67.0 Å². The van der Waals surface area contributed by atoms with Crippen molar-refractivity contribution in [2.24, 2.45) is 23.3 Å². The predicted molar refractivity (Wildman–Crippen MR) is 124 cm³/mol. The van der Waals surface area contributed by atoms with Gasteiger partial charge in [-0.25, -0.2) is 0 Å². The summed E-state index contributed by atoms with van der Waals surface area (Å²) in [5, 5.41) is 0. The highest BCUT2D eigenvalue weighted by atomic mass is 19.4. The van der Waals surface area contributed by atoms with Gasteiger partial charge in [0.15, 0.2) is 0 Å². The summed E-state index contributed by atoms with van der Waals surface area (Å²) >= 11 is 0. The first-order valence-electron chi connectivity index (χ1n) is 11.1. The Morgan fingerprint density at radius 3 is 2.24 bits per heavy atom. The Bertz CT molecular complexity index is 956. The number of carbonyl (C=O) groups excluding carboxylic acids is 1. The summed E-state index contributed by atoms with van der Waals surface area (Å²) in [5.41, 5.74) is 11.4. The maximum atomic E-state index is 13.8. The third-order valence-electron chi connectivity index (χ3n) is 5.24. The molecule has 0 aliphatic carbocycles. The lowest BCUT2D eigenvalue weighted by atomic mass is 9.91. The first-order chi connectivity index (χ1) is 15.2. The van der Waals surface area contributed by atoms with Gasteiger partial charge in [-0.1, -0.05) is 33.8 Å². The average Bonchev–Trinajstić information content (AvgIpc) is 2.68. The summed E-state index contributed by atoms with van der Waals surface area (Å²) in [6.45, 7) is 9.63. The largest absolute Gasteiger partial charge is 0.491 e. The molecule has 2 unspecified atom stereocenters. The highest BCUT2D eigenvalue weighted by Gasteiger charge is 2.35. The van der Waals surface area contributed by atoms with Crippen LogP contribution in [0.25, 0.3) is 11.1 Å². The lowest BCUT2D eigenvalue weighted by molar-refractivity contribution is -0.139. The molecule has 182 valence electrons. The van der Waals surface area contributed by atoms with Gasteiger partial charge in [0.2, 0.25) is 5.91 Å². The van der Waals surface area contributed by atoms with E-state index in [2.05, 4.69) is 4.98 Å². The minimum Gasteiger partial charge on any atom is -0.491 e. The predicted octanol–water partition coefficient (Wildman–Crippen LogP) is 5.52. The van der Waals surface area contributed by atoms with E-state index in [9.17, 15) is 18.0 Å². The molecule has 1 amide bonds. The highest BCUT2D eigenvalue weighted by molar-refractivity contribution is 5.82. The summed E-state index contributed by atoms with van der Waals surface area (Å²) in [6, 6.07) is 7.14. The van der Waals surface area contributed by atoms with Gasteiger partial charge in [-0.3, -0.25) is 9.78 Å². The molecule has 0 saturated carbocycles. The number of carbonyl (C=O) groups is 1. The number of aromatic nitrogens is 1. The van der Waals surface area contributed by atoms with Crippen molar-refractivity contribution in [3.05, 3.63) is 47.8 Å². The molecular formula is C25H34F3N3O2. The molecule has 0 aliphatic rings. The molecule has 5 nitrogen and oxygen atoms in total. The second kappa shape index (κ2) is 10.5. The fraction of sp³-hybridized carbons (Fsp3) is 0.520. The summed E-state index contributed by atoms with van der Waals surface area (Å²) in [4.78, 5) is 16.2. The van der Waals surface area contributed by atoms with Crippen molar-refractivity contribution in [2.75, 3.05) is 6.61 Å². The molecule has 0 bridgehead atoms. The smallest absolute Gasteiger partial charge is 0.419 e. The van der Waals surface area contributed by atoms with E-state index < -0.39 is 29.1 Å². The van der Waals surface area contributed by atoms with Gasteiger partial charge >= 0.3 is 6.18 Å². The van der Waals surface area contributed by atoms with E-state index in [1.54, 1.807) is 25.1 Å². The zero-order valence-electron chi connectivity index (χ0n) is 19.9. The van der Waals surface area contributed by atoms with Crippen LogP contribution in [0.3, 0.4) is 0 Å². The van der Waals surface area contributed by atoms with Crippen molar-refractivity contribution >= 4 is 5.91 Å². The third kappa shape index (κ3) is 7.74. The summed E-state index contributed by atoms with van der Waals surface area (Å²) < 4.78 is 47.1. The van der Waals surface area contributed by atoms with Crippen LogP contribution >= 0.6 is 0 Å². The molecule has 0 spiro atoms. The van der Waals surface area contributed by atoms with E-state index in [0.717, 1.165) is 6.07 Å². The summed E-state index contributed by atoms with van der Waals surface area (Å²) in [5.74, 6) is -0.910. The number of amides is 1. The zero-order valence-corrected chi connectivity index (χ0v) is 19.9. The standard InChI is InChI=1S/C25H34F3N3O2/c1-15(2)10-19(23(29)32)21-12-18(8-9-31-21)17-6-7-22(20(11-17)25(26,27)28)33-14-24(5,30)13-16(3)4/h6-9,11-12,15-16,19H,10,13-14,30H2,1-5H3,(H2,29,32). The Labute approximate surface area is 193 Å². The number of rotatable bonds is 10. The maximum Gasteiger partial charge on any atom is 0.419 e. The van der Waals surface area contributed by atoms with Gasteiger partial charge < -0.3 is 16.2 Å². The molecule has 1 aromatic carbocycles. The third-order valence-corrected chi connectivity index (χ3v) is 5.24. The monoisotopic (exact) mass is 465 g/mol. The molecule has 0 fully saturated rings. The SMILES string of the molecule is CC(C)CC(C(N)=O)c1cc(-c2ccc(OCC(C)(N)CC(C)C)c(C(F)(F)F)c2)ccn1. The molecule has 1 aromatic heterocycles. The number of nitrogens with zero attached hydrogens (tertiary/aromatic N) is 1. The molecular weight excluding hydrogens is 431 g/mol. The van der Waals surface area contributed by atoms with Crippen LogP contribution in [-0.4, -0.2) is 23.0 Å². The number of hydrogen-bond donors (Lipinski definition) is 2. The van der Waals surface area contributed by atoms with Gasteiger partial charge in [0.05, 0.1) is 17.2 Å². The van der Waals surface area contributed by atoms with Gasteiger partial charge in [0.25, 0.3) is 0 Å². The van der Waals surface area contributed by atoms with Crippen molar-refractivity contribution in [3.63, 3.8) is 0 Å². The zero-order chi connectivity index (χ0) is 25.0. The Kier molecular flexibility index (Phi) is 8.52. The lowest BCUT2D eigenvalue weighted by Gasteiger charge is -2.27. The molecule has 4 N–H and O–H groups in total. The van der Waals surface area contributed by atoms with Crippen molar-refractivity contribution in [1.82, 2.24) is 4.98 Å². The number of hydrogen-bond acceptors (Lipinski definition) is 4. The molecule has 33 heavy (non-hydrogen) atoms. The fourth-order valence-electron chi connectivity index (χ4n) is 3.96. The number of ether oxygens (including phenoxy) is 1. The van der Waals surface area contributed by atoms with Gasteiger partial charge in [-0.15, -0.1) is 0 Å². The summed E-state index contributed by atoms with van der Waals surface area (Å²) in [7, 11) is 0. The maximum absolute atomic E-state index is 13.8. The topological polar surface area (TPSA) is 91.2 Å². The van der Waals surface area contributed by atoms with Crippen LogP contribution in [0.15, 0.2) is 36.5 Å². The molecule has 0 aliphatic heterocycles. The number of halogens is 3. The Hall–Kier alpha value is -2.61. The molecule has 0 radical (unpaired) electrons. The molecule has 8 heteroatoms. The molecule has 2 rings (SSSR count). The van der Waals surface area contributed by atoms with Gasteiger partial charge in [0.1, 0.15) is 12.4 Å². The van der Waals surface area contributed by atoms with Crippen LogP contribution in [-0.2, 0) is 11.0 Å². The van der Waals surface area contributed by atoms with Crippen molar-refractivity contribution in [2.45, 2.75) is 65.1 Å². The number of benzene rings is 1. The normalized spacial score (nSPS) is 14.9. The van der Waals surface area contributed by atoms with Crippen molar-refractivity contribution in [1.29, 1.82) is 0 Å². The fourth-order valence-corrected chi connectivity index (χ4v) is 3.96. The first-order valence-corrected chi connectivity index (χ1v) is 11.1. The van der Waals surface area contributed by atoms with Gasteiger partial charge in [-0.2, -0.15) is 13.2 Å². The van der Waals surface area contributed by atoms with Crippen molar-refractivity contribution in [3.8, 4) is 16.9 Å². The first kappa shape index (κ1) is 26.6. The van der Waals surface area contributed by atoms with E-state index in [1.165, 1.54) is 12.3 Å².